The molecule has 0 fully saturated rings. The lowest BCUT2D eigenvalue weighted by Gasteiger charge is -2.32. The number of hydrogen-bond acceptors (Lipinski definition) is 6. The quantitative estimate of drug-likeness (QED) is 0.337. The molecule has 2 aromatic heterocycles. The van der Waals surface area contributed by atoms with Crippen molar-refractivity contribution in [3.05, 3.63) is 72.1 Å². The molecule has 166 valence electrons. The van der Waals surface area contributed by atoms with Crippen molar-refractivity contribution in [2.75, 3.05) is 0 Å². The third-order valence-electron chi connectivity index (χ3n) is 4.63. The van der Waals surface area contributed by atoms with Crippen LogP contribution in [0.1, 0.15) is 24.1 Å². The Morgan fingerprint density at radius 1 is 1.29 bits per heavy atom. The van der Waals surface area contributed by atoms with Crippen LogP contribution in [0.15, 0.2) is 43.4 Å². The second-order valence-electron chi connectivity index (χ2n) is 6.73. The van der Waals surface area contributed by atoms with Crippen molar-refractivity contribution < 1.29 is 41.7 Å². The Kier molecular flexibility index (Phi) is 6.53. The highest BCUT2D eigenvalue weighted by atomic mass is 31.2. The summed E-state index contributed by atoms with van der Waals surface area (Å²) in [4.78, 5) is 25.0. The van der Waals surface area contributed by atoms with Crippen LogP contribution in [-0.2, 0) is 28.0 Å². The highest BCUT2D eigenvalue weighted by Crippen LogP contribution is 2.39. The highest BCUT2D eigenvalue weighted by Gasteiger charge is 2.43. The minimum absolute atomic E-state index is 0.203. The molecule has 0 unspecified atom stereocenters. The molecule has 0 aliphatic rings. The largest absolute Gasteiger partial charge is 0.472 e. The Balaban J connectivity index is 2.00. The van der Waals surface area contributed by atoms with E-state index >= 15 is 0 Å². The van der Waals surface area contributed by atoms with Gasteiger partial charge in [-0.2, -0.15) is 0 Å². The van der Waals surface area contributed by atoms with Gasteiger partial charge in [-0.3, -0.25) is 4.52 Å². The van der Waals surface area contributed by atoms with Gasteiger partial charge in [0.15, 0.2) is 12.5 Å². The summed E-state index contributed by atoms with van der Waals surface area (Å²) in [6, 6.07) is 2.57. The minimum atomic E-state index is -4.73. The van der Waals surface area contributed by atoms with Gasteiger partial charge in [-0.25, -0.2) is 32.3 Å². The van der Waals surface area contributed by atoms with Crippen molar-refractivity contribution in [2.45, 2.75) is 31.7 Å². The first kappa shape index (κ1) is 23.0. The molecular weight excluding hydrogens is 442 g/mol. The molecule has 0 bridgehead atoms. The summed E-state index contributed by atoms with van der Waals surface area (Å²) in [5.41, 5.74) is -2.68. The van der Waals surface area contributed by atoms with Gasteiger partial charge < -0.3 is 14.9 Å². The summed E-state index contributed by atoms with van der Waals surface area (Å²) in [7, 11) is -4.73. The monoisotopic (exact) mass is 460 g/mol. The van der Waals surface area contributed by atoms with E-state index in [-0.39, 0.29) is 11.3 Å². The van der Waals surface area contributed by atoms with Gasteiger partial charge in [-0.1, -0.05) is 13.0 Å². The Labute approximate surface area is 173 Å². The molecule has 3 rings (SSSR count). The first-order chi connectivity index (χ1) is 14.5. The number of hydrogen-bond donors (Lipinski definition) is 3. The first-order valence-corrected chi connectivity index (χ1v) is 10.3. The van der Waals surface area contributed by atoms with Crippen molar-refractivity contribution >= 4 is 7.82 Å². The molecule has 3 aromatic rings. The van der Waals surface area contributed by atoms with Crippen molar-refractivity contribution in [3.63, 3.8) is 0 Å². The molecule has 31 heavy (non-hydrogen) atoms. The van der Waals surface area contributed by atoms with Crippen LogP contribution in [-0.4, -0.2) is 34.6 Å². The highest BCUT2D eigenvalue weighted by molar-refractivity contribution is 7.46. The van der Waals surface area contributed by atoms with Crippen LogP contribution in [0.3, 0.4) is 0 Å². The maximum Gasteiger partial charge on any atom is 0.472 e. The maximum atomic E-state index is 14.6. The van der Waals surface area contributed by atoms with E-state index in [4.69, 9.17) is 9.79 Å². The zero-order valence-electron chi connectivity index (χ0n) is 16.0. The Bertz CT molecular complexity index is 1130. The number of nitrogens with zero attached hydrogens (tertiary/aromatic N) is 5. The zero-order chi connectivity index (χ0) is 22.8. The number of aliphatic hydroxyl groups is 1. The van der Waals surface area contributed by atoms with Crippen molar-refractivity contribution in [1.29, 1.82) is 0 Å². The third kappa shape index (κ3) is 5.32. The predicted octanol–water partition coefficient (Wildman–Crippen LogP) is 1.14. The maximum absolute atomic E-state index is 14.6. The topological polar surface area (TPSA) is 134 Å². The fraction of sp³-hybridized carbons (Fsp3) is 0.294. The summed E-state index contributed by atoms with van der Waals surface area (Å²) in [5.74, 6) is -3.90. The fourth-order valence-electron chi connectivity index (χ4n) is 3.06. The number of phosphoric ester groups is 1. The van der Waals surface area contributed by atoms with Gasteiger partial charge in [0.25, 0.3) is 6.33 Å². The van der Waals surface area contributed by atoms with Crippen LogP contribution >= 0.6 is 7.82 Å². The summed E-state index contributed by atoms with van der Waals surface area (Å²) in [5, 5.41) is 15.4. The summed E-state index contributed by atoms with van der Waals surface area (Å²) in [6.45, 7) is 0.412. The Morgan fingerprint density at radius 3 is 2.68 bits per heavy atom. The SMILES string of the molecule is C[C@@H](c1ncncc1F)[C@](O)(Cn1c[n+](COP(=O)(O)O)cn1)c1ccc(F)cc1F. The molecule has 0 saturated carbocycles. The lowest BCUT2D eigenvalue weighted by molar-refractivity contribution is -0.726. The molecule has 1 aromatic carbocycles. The van der Waals surface area contributed by atoms with Gasteiger partial charge in [-0.05, 0) is 6.07 Å². The van der Waals surface area contributed by atoms with Gasteiger partial charge >= 0.3 is 7.82 Å². The minimum Gasteiger partial charge on any atom is -0.381 e. The molecule has 2 atom stereocenters. The van der Waals surface area contributed by atoms with E-state index in [1.807, 2.05) is 0 Å². The van der Waals surface area contributed by atoms with E-state index in [0.717, 1.165) is 40.2 Å². The molecule has 0 saturated heterocycles. The molecule has 0 amide bonds. The van der Waals surface area contributed by atoms with E-state index in [1.54, 1.807) is 0 Å². The molecule has 0 radical (unpaired) electrons. The Hall–Kier alpha value is -2.70. The van der Waals surface area contributed by atoms with Gasteiger partial charge in [0.2, 0.25) is 6.33 Å². The van der Waals surface area contributed by atoms with Gasteiger partial charge in [0, 0.05) is 22.6 Å². The van der Waals surface area contributed by atoms with Crippen LogP contribution < -0.4 is 4.57 Å². The van der Waals surface area contributed by atoms with Crippen LogP contribution in [0.4, 0.5) is 13.2 Å². The van der Waals surface area contributed by atoms with Crippen LogP contribution in [0.25, 0.3) is 0 Å². The number of halogens is 3. The second-order valence-corrected chi connectivity index (χ2v) is 7.97. The average Bonchev–Trinajstić information content (AvgIpc) is 3.12. The number of aromatic nitrogens is 5. The van der Waals surface area contributed by atoms with Gasteiger partial charge in [0.05, 0.1) is 11.9 Å². The normalized spacial score (nSPS) is 14.9. The molecular formula is C17H18F3N5O5P+. The van der Waals surface area contributed by atoms with E-state index in [9.17, 15) is 22.8 Å². The second kappa shape index (κ2) is 8.81. The zero-order valence-corrected chi connectivity index (χ0v) is 16.9. The number of rotatable bonds is 8. The molecule has 0 spiro atoms. The molecule has 0 aliphatic carbocycles. The third-order valence-corrected chi connectivity index (χ3v) is 5.08. The van der Waals surface area contributed by atoms with E-state index in [0.29, 0.717) is 6.07 Å². The summed E-state index contributed by atoms with van der Waals surface area (Å²) in [6.07, 6.45) is 4.33. The van der Waals surface area contributed by atoms with E-state index in [2.05, 4.69) is 19.6 Å². The average molecular weight is 460 g/mol. The first-order valence-electron chi connectivity index (χ1n) is 8.74. The molecule has 14 heteroatoms. The van der Waals surface area contributed by atoms with E-state index < -0.39 is 50.1 Å². The van der Waals surface area contributed by atoms with Crippen LogP contribution in [0.2, 0.25) is 0 Å². The van der Waals surface area contributed by atoms with E-state index in [1.165, 1.54) is 13.3 Å². The predicted molar refractivity (Wildman–Crippen MR) is 96.2 cm³/mol. The summed E-state index contributed by atoms with van der Waals surface area (Å²) < 4.78 is 59.8. The van der Waals surface area contributed by atoms with Crippen molar-refractivity contribution in [3.8, 4) is 0 Å². The van der Waals surface area contributed by atoms with Gasteiger partial charge in [0.1, 0.15) is 30.1 Å². The molecule has 10 nitrogen and oxygen atoms in total. The molecule has 0 aliphatic heterocycles. The Morgan fingerprint density at radius 2 is 2.03 bits per heavy atom. The fourth-order valence-corrected chi connectivity index (χ4v) is 3.35. The molecule has 3 N–H and O–H groups in total. The molecule has 2 heterocycles. The summed E-state index contributed by atoms with van der Waals surface area (Å²) >= 11 is 0. The number of phosphoric acid groups is 1. The standard InChI is InChI=1S/C17H17F3N5O5P/c1-11(16-15(20)5-21-7-22-16)17(26,13-3-2-12(18)4-14(13)19)6-25-9-24(8-23-25)10-30-31(27,28)29/h2-5,7-9,11,26H,6,10H2,1H3,(H-,27,28,29)/p+1/t11-,17+/m0/s1. The number of benzene rings is 1. The van der Waals surface area contributed by atoms with Crippen molar-refractivity contribution in [2.24, 2.45) is 0 Å². The van der Waals surface area contributed by atoms with Crippen molar-refractivity contribution in [1.82, 2.24) is 19.7 Å². The smallest absolute Gasteiger partial charge is 0.381 e. The van der Waals surface area contributed by atoms with Crippen LogP contribution in [0.5, 0.6) is 0 Å². The lowest BCUT2D eigenvalue weighted by atomic mass is 9.79. The van der Waals surface area contributed by atoms with Gasteiger partial charge in [-0.15, -0.1) is 4.68 Å². The van der Waals surface area contributed by atoms with Crippen LogP contribution in [0, 0.1) is 17.5 Å². The lowest BCUT2D eigenvalue weighted by Crippen LogP contribution is -2.39.